The fraction of sp³-hybridized carbons (Fsp3) is 0.0714. The first-order chi connectivity index (χ1) is 14.3. The van der Waals surface area contributed by atoms with Crippen molar-refractivity contribution in [1.29, 1.82) is 0 Å². The van der Waals surface area contributed by atoms with Crippen molar-refractivity contribution in [3.05, 3.63) is 130 Å². The normalized spacial score (nSPS) is 21.4. The van der Waals surface area contributed by atoms with Crippen LogP contribution in [0.25, 0.3) is 22.3 Å². The van der Waals surface area contributed by atoms with E-state index in [1.165, 1.54) is 49.0 Å². The van der Waals surface area contributed by atoms with Gasteiger partial charge in [0.2, 0.25) is 0 Å². The van der Waals surface area contributed by atoms with Crippen molar-refractivity contribution in [3.63, 3.8) is 0 Å². The van der Waals surface area contributed by atoms with Gasteiger partial charge in [-0.3, -0.25) is 0 Å². The van der Waals surface area contributed by atoms with Crippen molar-refractivity contribution in [2.24, 2.45) is 0 Å². The van der Waals surface area contributed by atoms with Crippen LogP contribution in [0, 0.1) is 0 Å². The number of hydrogen-bond acceptors (Lipinski definition) is 0. The second-order valence-corrected chi connectivity index (χ2v) is 8.85. The van der Waals surface area contributed by atoms with E-state index in [1.54, 1.807) is 0 Å². The molecule has 29 heavy (non-hydrogen) atoms. The Morgan fingerprint density at radius 3 is 2.24 bits per heavy atom. The molecular weight excluding hydrogens is 416 g/mol. The van der Waals surface area contributed by atoms with Gasteiger partial charge in [-0.1, -0.05) is 113 Å². The first-order valence-corrected chi connectivity index (χ1v) is 10.8. The number of allylic oxidation sites excluding steroid dienone is 8. The molecule has 1 spiro atoms. The lowest BCUT2D eigenvalue weighted by molar-refractivity contribution is 0.657. The van der Waals surface area contributed by atoms with Gasteiger partial charge < -0.3 is 0 Å². The zero-order valence-corrected chi connectivity index (χ0v) is 17.5. The van der Waals surface area contributed by atoms with Gasteiger partial charge in [0, 0.05) is 4.48 Å². The Morgan fingerprint density at radius 1 is 0.724 bits per heavy atom. The van der Waals surface area contributed by atoms with Gasteiger partial charge in [0.05, 0.1) is 5.41 Å². The molecule has 0 saturated heterocycles. The molecule has 1 heteroatoms. The van der Waals surface area contributed by atoms with Crippen LogP contribution >= 0.6 is 15.9 Å². The van der Waals surface area contributed by atoms with Crippen LogP contribution in [-0.4, -0.2) is 0 Å². The Kier molecular flexibility index (Phi) is 3.69. The van der Waals surface area contributed by atoms with Gasteiger partial charge in [0.25, 0.3) is 0 Å². The van der Waals surface area contributed by atoms with Crippen LogP contribution < -0.4 is 0 Å². The van der Waals surface area contributed by atoms with Gasteiger partial charge in [-0.05, 0) is 57.0 Å². The number of halogens is 1. The molecule has 1 unspecified atom stereocenters. The van der Waals surface area contributed by atoms with E-state index in [1.807, 2.05) is 0 Å². The Labute approximate surface area is 179 Å². The third-order valence-electron chi connectivity index (χ3n) is 6.48. The van der Waals surface area contributed by atoms with E-state index in [0.29, 0.717) is 0 Å². The zero-order valence-electron chi connectivity index (χ0n) is 15.9. The van der Waals surface area contributed by atoms with E-state index in [2.05, 4.69) is 119 Å². The van der Waals surface area contributed by atoms with E-state index in [4.69, 9.17) is 0 Å². The molecule has 0 aromatic heterocycles. The molecule has 3 aromatic rings. The second kappa shape index (κ2) is 6.30. The van der Waals surface area contributed by atoms with Crippen molar-refractivity contribution < 1.29 is 0 Å². The summed E-state index contributed by atoms with van der Waals surface area (Å²) in [7, 11) is 0. The van der Waals surface area contributed by atoms with E-state index in [-0.39, 0.29) is 5.41 Å². The Hall–Kier alpha value is -2.90. The topological polar surface area (TPSA) is 0 Å². The van der Waals surface area contributed by atoms with Crippen LogP contribution in [0.4, 0.5) is 0 Å². The van der Waals surface area contributed by atoms with E-state index in [0.717, 1.165) is 6.42 Å². The SMILES string of the molecule is BrC1=C(c2ccccc2)C=C2C=CC=C3c4ccccc4-c4ccccc4C23C1. The van der Waals surface area contributed by atoms with Gasteiger partial charge in [-0.25, -0.2) is 0 Å². The van der Waals surface area contributed by atoms with Crippen molar-refractivity contribution in [2.75, 3.05) is 0 Å². The molecular formula is C28H19Br. The summed E-state index contributed by atoms with van der Waals surface area (Å²) in [5, 5.41) is 0. The third-order valence-corrected chi connectivity index (χ3v) is 7.19. The molecule has 0 fully saturated rings. The minimum Gasteiger partial charge on any atom is -0.0622 e. The molecule has 0 aliphatic heterocycles. The number of rotatable bonds is 1. The van der Waals surface area contributed by atoms with Gasteiger partial charge in [0.15, 0.2) is 0 Å². The molecule has 0 amide bonds. The van der Waals surface area contributed by atoms with Crippen molar-refractivity contribution in [1.82, 2.24) is 0 Å². The Bertz CT molecular complexity index is 1270. The van der Waals surface area contributed by atoms with Crippen LogP contribution in [0.3, 0.4) is 0 Å². The summed E-state index contributed by atoms with van der Waals surface area (Å²) >= 11 is 3.99. The summed E-state index contributed by atoms with van der Waals surface area (Å²) < 4.78 is 1.27. The summed E-state index contributed by atoms with van der Waals surface area (Å²) in [6.45, 7) is 0. The molecule has 0 N–H and O–H groups in total. The minimum absolute atomic E-state index is 0.142. The maximum atomic E-state index is 3.99. The average molecular weight is 435 g/mol. The highest BCUT2D eigenvalue weighted by Crippen LogP contribution is 2.60. The summed E-state index contributed by atoms with van der Waals surface area (Å²) in [5.74, 6) is 0. The van der Waals surface area contributed by atoms with Gasteiger partial charge in [-0.15, -0.1) is 0 Å². The van der Waals surface area contributed by atoms with Crippen LogP contribution in [0.5, 0.6) is 0 Å². The highest BCUT2D eigenvalue weighted by Gasteiger charge is 2.47. The van der Waals surface area contributed by atoms with Crippen molar-refractivity contribution in [2.45, 2.75) is 11.8 Å². The lowest BCUT2D eigenvalue weighted by Gasteiger charge is -2.47. The van der Waals surface area contributed by atoms with Gasteiger partial charge in [-0.2, -0.15) is 0 Å². The first-order valence-electron chi connectivity index (χ1n) is 10.0. The first kappa shape index (κ1) is 17.0. The Balaban J connectivity index is 1.64. The maximum Gasteiger partial charge on any atom is 0.0509 e. The maximum absolute atomic E-state index is 3.99. The largest absolute Gasteiger partial charge is 0.0622 e. The number of fused-ring (bicyclic) bond motifs is 4. The minimum atomic E-state index is -0.142. The highest BCUT2D eigenvalue weighted by molar-refractivity contribution is 9.11. The van der Waals surface area contributed by atoms with E-state index < -0.39 is 0 Å². The molecule has 1 atom stereocenters. The summed E-state index contributed by atoms with van der Waals surface area (Å²) in [5.41, 5.74) is 10.6. The molecule has 0 bridgehead atoms. The monoisotopic (exact) mass is 434 g/mol. The number of benzene rings is 3. The third kappa shape index (κ3) is 2.31. The van der Waals surface area contributed by atoms with Crippen LogP contribution in [0.15, 0.2) is 113 Å². The molecule has 0 saturated carbocycles. The predicted octanol–water partition coefficient (Wildman–Crippen LogP) is 7.69. The van der Waals surface area contributed by atoms with Crippen LogP contribution in [0.2, 0.25) is 0 Å². The van der Waals surface area contributed by atoms with Crippen molar-refractivity contribution in [3.8, 4) is 11.1 Å². The van der Waals surface area contributed by atoms with Crippen molar-refractivity contribution >= 4 is 27.1 Å². The quantitative estimate of drug-likeness (QED) is 0.368. The van der Waals surface area contributed by atoms with Crippen LogP contribution in [0.1, 0.15) is 23.1 Å². The van der Waals surface area contributed by atoms with Gasteiger partial charge in [0.1, 0.15) is 0 Å². The fourth-order valence-electron chi connectivity index (χ4n) is 5.23. The van der Waals surface area contributed by atoms with Gasteiger partial charge >= 0.3 is 0 Å². The van der Waals surface area contributed by atoms with E-state index in [9.17, 15) is 0 Å². The lowest BCUT2D eigenvalue weighted by Crippen LogP contribution is -2.36. The predicted molar refractivity (Wildman–Crippen MR) is 126 cm³/mol. The molecule has 3 aromatic carbocycles. The average Bonchev–Trinajstić information content (AvgIpc) is 2.78. The highest BCUT2D eigenvalue weighted by atomic mass is 79.9. The standard InChI is InChI=1S/C28H19Br/c29-27-18-28-20(17-24(27)19-9-2-1-3-10-19)11-8-16-26(28)23-13-5-4-12-21(23)22-14-6-7-15-25(22)28/h1-17H,18H2. The second-order valence-electron chi connectivity index (χ2n) is 7.90. The fourth-order valence-corrected chi connectivity index (χ4v) is 6.00. The Morgan fingerprint density at radius 2 is 1.41 bits per heavy atom. The summed E-state index contributed by atoms with van der Waals surface area (Å²) in [6.07, 6.45) is 10.2. The lowest BCUT2D eigenvalue weighted by atomic mass is 9.56. The van der Waals surface area contributed by atoms with Crippen LogP contribution in [-0.2, 0) is 5.41 Å². The molecule has 0 radical (unpaired) electrons. The molecule has 138 valence electrons. The summed E-state index contributed by atoms with van der Waals surface area (Å²) in [4.78, 5) is 0. The molecule has 0 nitrogen and oxygen atoms in total. The smallest absolute Gasteiger partial charge is 0.0509 e. The molecule has 0 heterocycles. The zero-order chi connectivity index (χ0) is 19.4. The molecule has 6 rings (SSSR count). The number of hydrogen-bond donors (Lipinski definition) is 0. The molecule has 3 aliphatic carbocycles. The van der Waals surface area contributed by atoms with E-state index >= 15 is 0 Å². The summed E-state index contributed by atoms with van der Waals surface area (Å²) in [6, 6.07) is 28.5. The molecule has 3 aliphatic rings.